The first-order valence-electron chi connectivity index (χ1n) is 5.54. The van der Waals surface area contributed by atoms with Gasteiger partial charge >= 0.3 is 12.1 Å². The molecule has 0 radical (unpaired) electrons. The third-order valence-electron chi connectivity index (χ3n) is 3.15. The first kappa shape index (κ1) is 11.2. The molecule has 3 fully saturated rings. The molecule has 1 amide bonds. The summed E-state index contributed by atoms with van der Waals surface area (Å²) in [5, 5.41) is 9.08. The Bertz CT molecular complexity index is 327. The van der Waals surface area contributed by atoms with Crippen molar-refractivity contribution >= 4 is 12.1 Å². The molecule has 5 nitrogen and oxygen atoms in total. The van der Waals surface area contributed by atoms with Gasteiger partial charge in [-0.3, -0.25) is 4.90 Å². The zero-order chi connectivity index (χ0) is 12.1. The largest absolute Gasteiger partial charge is 0.480 e. The van der Waals surface area contributed by atoms with Crippen LogP contribution in [0.2, 0.25) is 0 Å². The van der Waals surface area contributed by atoms with E-state index in [1.54, 1.807) is 20.8 Å². The molecule has 0 aromatic carbocycles. The van der Waals surface area contributed by atoms with Gasteiger partial charge < -0.3 is 9.84 Å². The van der Waals surface area contributed by atoms with E-state index in [-0.39, 0.29) is 12.0 Å². The first-order valence-corrected chi connectivity index (χ1v) is 5.54. The fraction of sp³-hybridized carbons (Fsp3) is 0.818. The highest BCUT2D eigenvalue weighted by Crippen LogP contribution is 2.46. The molecule has 90 valence electrons. The van der Waals surface area contributed by atoms with Gasteiger partial charge in [0.05, 0.1) is 0 Å². The highest BCUT2D eigenvalue weighted by atomic mass is 16.6. The smallest absolute Gasteiger partial charge is 0.411 e. The summed E-state index contributed by atoms with van der Waals surface area (Å²) < 4.78 is 5.22. The number of fused-ring (bicyclic) bond motifs is 1. The van der Waals surface area contributed by atoms with Gasteiger partial charge in [-0.05, 0) is 39.5 Å². The van der Waals surface area contributed by atoms with Crippen LogP contribution in [0.4, 0.5) is 4.79 Å². The molecule has 2 bridgehead atoms. The van der Waals surface area contributed by atoms with Crippen molar-refractivity contribution in [3.63, 3.8) is 0 Å². The van der Waals surface area contributed by atoms with Crippen LogP contribution in [0.15, 0.2) is 0 Å². The fourth-order valence-corrected chi connectivity index (χ4v) is 2.47. The lowest BCUT2D eigenvalue weighted by Crippen LogP contribution is -2.44. The standard InChI is InChI=1S/C11H17NO4/c1-11(2,3)16-10(15)12-7-4-6(5-7)8(12)9(13)14/h6-8H,4-5H2,1-3H3,(H,13,14). The number of carboxylic acid groups (broad SMARTS) is 1. The molecule has 5 heteroatoms. The molecule has 16 heavy (non-hydrogen) atoms. The van der Waals surface area contributed by atoms with Crippen molar-refractivity contribution in [3.8, 4) is 0 Å². The summed E-state index contributed by atoms with van der Waals surface area (Å²) in [5.74, 6) is -0.800. The zero-order valence-electron chi connectivity index (χ0n) is 9.77. The van der Waals surface area contributed by atoms with Crippen LogP contribution in [0.5, 0.6) is 0 Å². The number of hydrogen-bond acceptors (Lipinski definition) is 3. The molecule has 2 aliphatic heterocycles. The van der Waals surface area contributed by atoms with Crippen molar-refractivity contribution in [2.24, 2.45) is 5.92 Å². The number of ether oxygens (including phenoxy) is 1. The van der Waals surface area contributed by atoms with Gasteiger partial charge in [0, 0.05) is 6.04 Å². The molecule has 3 rings (SSSR count). The Kier molecular flexibility index (Phi) is 2.36. The maximum atomic E-state index is 11.9. The zero-order valence-corrected chi connectivity index (χ0v) is 9.77. The van der Waals surface area contributed by atoms with Gasteiger partial charge in [0.15, 0.2) is 0 Å². The van der Waals surface area contributed by atoms with Crippen molar-refractivity contribution in [3.05, 3.63) is 0 Å². The van der Waals surface area contributed by atoms with Crippen LogP contribution in [-0.2, 0) is 9.53 Å². The van der Waals surface area contributed by atoms with E-state index in [0.717, 1.165) is 12.8 Å². The molecule has 1 atom stereocenters. The van der Waals surface area contributed by atoms with Crippen LogP contribution in [0, 0.1) is 5.92 Å². The van der Waals surface area contributed by atoms with E-state index >= 15 is 0 Å². The Hall–Kier alpha value is -1.26. The van der Waals surface area contributed by atoms with E-state index in [1.807, 2.05) is 0 Å². The molecule has 2 heterocycles. The lowest BCUT2D eigenvalue weighted by molar-refractivity contribution is -0.142. The third-order valence-corrected chi connectivity index (χ3v) is 3.15. The summed E-state index contributed by atoms with van der Waals surface area (Å²) in [6.07, 6.45) is 1.11. The van der Waals surface area contributed by atoms with Gasteiger partial charge in [-0.15, -0.1) is 0 Å². The highest BCUT2D eigenvalue weighted by Gasteiger charge is 2.56. The predicted octanol–water partition coefficient (Wildman–Crippen LogP) is 1.47. The Labute approximate surface area is 94.4 Å². The van der Waals surface area contributed by atoms with Crippen LogP contribution < -0.4 is 0 Å². The van der Waals surface area contributed by atoms with E-state index in [4.69, 9.17) is 9.84 Å². The number of carbonyl (C=O) groups excluding carboxylic acids is 1. The Balaban J connectivity index is 2.09. The van der Waals surface area contributed by atoms with E-state index in [2.05, 4.69) is 0 Å². The number of amides is 1. The summed E-state index contributed by atoms with van der Waals surface area (Å²) in [5.41, 5.74) is -0.576. The normalized spacial score (nSPS) is 32.2. The van der Waals surface area contributed by atoms with Crippen LogP contribution in [-0.4, -0.2) is 39.8 Å². The number of nitrogens with zero attached hydrogens (tertiary/aromatic N) is 1. The van der Waals surface area contributed by atoms with E-state index in [0.29, 0.717) is 0 Å². The number of aliphatic carboxylic acids is 1. The second kappa shape index (κ2) is 3.37. The van der Waals surface area contributed by atoms with Gasteiger partial charge in [-0.1, -0.05) is 0 Å². The van der Waals surface area contributed by atoms with Gasteiger partial charge in [0.1, 0.15) is 11.6 Å². The second-order valence-corrected chi connectivity index (χ2v) is 5.56. The van der Waals surface area contributed by atoms with Crippen LogP contribution in [0.1, 0.15) is 33.6 Å². The third kappa shape index (κ3) is 1.74. The number of hydrogen-bond donors (Lipinski definition) is 1. The first-order chi connectivity index (χ1) is 7.29. The lowest BCUT2D eigenvalue weighted by Gasteiger charge is -2.28. The summed E-state index contributed by atoms with van der Waals surface area (Å²) >= 11 is 0. The predicted molar refractivity (Wildman–Crippen MR) is 56.0 cm³/mol. The molecule has 0 aromatic heterocycles. The maximum absolute atomic E-state index is 11.9. The minimum atomic E-state index is -0.921. The molecular formula is C11H17NO4. The average Bonchev–Trinajstić information content (AvgIpc) is 2.50. The molecule has 3 aliphatic rings. The summed E-state index contributed by atoms with van der Waals surface area (Å²) in [4.78, 5) is 24.3. The average molecular weight is 227 g/mol. The second-order valence-electron chi connectivity index (χ2n) is 5.56. The number of rotatable bonds is 1. The van der Waals surface area contributed by atoms with Crippen molar-refractivity contribution in [2.45, 2.75) is 51.3 Å². The van der Waals surface area contributed by atoms with Gasteiger partial charge in [-0.2, -0.15) is 0 Å². The van der Waals surface area contributed by atoms with Crippen molar-refractivity contribution in [1.82, 2.24) is 4.90 Å². The van der Waals surface area contributed by atoms with Crippen LogP contribution in [0.3, 0.4) is 0 Å². The number of carbonyl (C=O) groups is 2. The Morgan fingerprint density at radius 3 is 2.31 bits per heavy atom. The monoisotopic (exact) mass is 227 g/mol. The topological polar surface area (TPSA) is 66.8 Å². The summed E-state index contributed by atoms with van der Waals surface area (Å²) in [6.45, 7) is 5.34. The quantitative estimate of drug-likeness (QED) is 0.736. The molecular weight excluding hydrogens is 210 g/mol. The van der Waals surface area contributed by atoms with Gasteiger partial charge in [0.2, 0.25) is 0 Å². The van der Waals surface area contributed by atoms with Gasteiger partial charge in [0.25, 0.3) is 0 Å². The van der Waals surface area contributed by atoms with Crippen molar-refractivity contribution < 1.29 is 19.4 Å². The molecule has 0 aromatic rings. The number of carboxylic acids is 1. The molecule has 1 saturated carbocycles. The minimum absolute atomic E-state index is 0.0703. The maximum Gasteiger partial charge on any atom is 0.411 e. The fourth-order valence-electron chi connectivity index (χ4n) is 2.47. The Morgan fingerprint density at radius 2 is 1.88 bits per heavy atom. The van der Waals surface area contributed by atoms with E-state index in [1.165, 1.54) is 4.90 Å². The molecule has 1 unspecified atom stereocenters. The molecule has 2 saturated heterocycles. The van der Waals surface area contributed by atoms with Crippen molar-refractivity contribution in [2.75, 3.05) is 0 Å². The van der Waals surface area contributed by atoms with E-state index in [9.17, 15) is 9.59 Å². The minimum Gasteiger partial charge on any atom is -0.480 e. The van der Waals surface area contributed by atoms with Crippen molar-refractivity contribution in [1.29, 1.82) is 0 Å². The highest BCUT2D eigenvalue weighted by molar-refractivity contribution is 5.82. The summed E-state index contributed by atoms with van der Waals surface area (Å²) in [7, 11) is 0. The van der Waals surface area contributed by atoms with Crippen LogP contribution in [0.25, 0.3) is 0 Å². The molecule has 1 aliphatic carbocycles. The van der Waals surface area contributed by atoms with E-state index < -0.39 is 23.7 Å². The molecule has 0 spiro atoms. The Morgan fingerprint density at radius 1 is 1.31 bits per heavy atom. The van der Waals surface area contributed by atoms with Crippen LogP contribution >= 0.6 is 0 Å². The molecule has 1 N–H and O–H groups in total. The van der Waals surface area contributed by atoms with Gasteiger partial charge in [-0.25, -0.2) is 9.59 Å². The lowest BCUT2D eigenvalue weighted by atomic mass is 9.83. The summed E-state index contributed by atoms with van der Waals surface area (Å²) in [6, 6.07) is -0.610. The SMILES string of the molecule is CC(C)(C)OC(=O)N1C2CC(C2)C1C(=O)O.